The van der Waals surface area contributed by atoms with Crippen LogP contribution < -0.4 is 0 Å². The highest BCUT2D eigenvalue weighted by molar-refractivity contribution is 8.33. The van der Waals surface area contributed by atoms with Gasteiger partial charge in [-0.25, -0.2) is 3.63 Å². The summed E-state index contributed by atoms with van der Waals surface area (Å²) in [4.78, 5) is -0.395. The number of phenolic OH excluding ortho intramolecular Hbond substituents is 1. The van der Waals surface area contributed by atoms with Gasteiger partial charge < -0.3 is 5.11 Å². The van der Waals surface area contributed by atoms with Crippen molar-refractivity contribution in [3.8, 4) is 5.75 Å². The molecule has 0 unspecified atom stereocenters. The minimum absolute atomic E-state index is 0.114. The molecule has 0 aliphatic carbocycles. The zero-order valence-electron chi connectivity index (χ0n) is 21.2. The molecule has 0 saturated carbocycles. The van der Waals surface area contributed by atoms with Gasteiger partial charge in [0.15, 0.2) is 0 Å². The van der Waals surface area contributed by atoms with Gasteiger partial charge in [0.2, 0.25) is 0 Å². The molecule has 45 heavy (non-hydrogen) atoms. The Morgan fingerprint density at radius 1 is 0.578 bits per heavy atom. The minimum Gasteiger partial charge on any atom is -0.507 e. The highest BCUT2D eigenvalue weighted by Crippen LogP contribution is 2.68. The van der Waals surface area contributed by atoms with E-state index in [1.807, 2.05) is 0 Å². The van der Waals surface area contributed by atoms with Crippen molar-refractivity contribution >= 4 is 31.2 Å². The molecule has 4 nitrogen and oxygen atoms in total. The second-order valence-electron chi connectivity index (χ2n) is 9.54. The maximum Gasteiger partial charge on any atom is 0.460 e. The minimum atomic E-state index is -8.92. The number of hydrogen-bond donors (Lipinski definition) is 1. The zero-order valence-corrected chi connectivity index (χ0v) is 22.8. The van der Waals surface area contributed by atoms with Crippen LogP contribution in [0.1, 0.15) is 12.8 Å². The summed E-state index contributed by atoms with van der Waals surface area (Å²) in [6, 6.07) is 6.58. The standard InChI is InChI=1S/C22H15F17O4S2/c23-15(24,17(27,28)19(31,32)21(35,36)37)16(25,26)18(29,30)20(33,34)22(38,39)45(41,42)43-44(9-3-4-10-44)14-8-7-13(40)11-5-1-2-6-12(11)14/h1-2,5-8,40H,3-4,9-10H2. The van der Waals surface area contributed by atoms with Gasteiger partial charge in [-0.3, -0.25) is 0 Å². The highest BCUT2D eigenvalue weighted by atomic mass is 32.3. The summed E-state index contributed by atoms with van der Waals surface area (Å²) in [5.74, 6) is -53.9. The van der Waals surface area contributed by atoms with Crippen molar-refractivity contribution in [1.29, 1.82) is 0 Å². The van der Waals surface area contributed by atoms with Crippen molar-refractivity contribution in [2.24, 2.45) is 0 Å². The Labute approximate surface area is 241 Å². The fourth-order valence-corrected chi connectivity index (χ4v) is 10.1. The Bertz CT molecular complexity index is 1550. The first kappa shape index (κ1) is 37.0. The van der Waals surface area contributed by atoms with Crippen LogP contribution in [-0.4, -0.2) is 72.0 Å². The Balaban J connectivity index is 2.15. The number of alkyl halides is 17. The fraction of sp³-hybridized carbons (Fsp3) is 0.545. The third-order valence-electron chi connectivity index (χ3n) is 6.69. The van der Waals surface area contributed by atoms with E-state index in [9.17, 15) is 88.2 Å². The first-order valence-electron chi connectivity index (χ1n) is 11.6. The summed E-state index contributed by atoms with van der Waals surface area (Å²) in [6.45, 7) is 0. The maximum absolute atomic E-state index is 14.8. The van der Waals surface area contributed by atoms with E-state index in [1.165, 1.54) is 18.2 Å². The molecule has 2 aromatic rings. The van der Waals surface area contributed by atoms with Gasteiger partial charge in [-0.2, -0.15) is 83.1 Å². The van der Waals surface area contributed by atoms with Crippen LogP contribution >= 0.6 is 10.3 Å². The number of benzene rings is 2. The summed E-state index contributed by atoms with van der Waals surface area (Å²) in [5.41, 5.74) is 0. The van der Waals surface area contributed by atoms with Crippen molar-refractivity contribution in [1.82, 2.24) is 0 Å². The van der Waals surface area contributed by atoms with Crippen LogP contribution in [0.2, 0.25) is 0 Å². The maximum atomic E-state index is 14.8. The molecule has 1 fully saturated rings. The third-order valence-corrected chi connectivity index (χ3v) is 12.4. The predicted molar refractivity (Wildman–Crippen MR) is 121 cm³/mol. The van der Waals surface area contributed by atoms with Crippen molar-refractivity contribution in [3.63, 3.8) is 0 Å². The Morgan fingerprint density at radius 3 is 1.42 bits per heavy atom. The van der Waals surface area contributed by atoms with Gasteiger partial charge in [0.05, 0.1) is 0 Å². The van der Waals surface area contributed by atoms with Gasteiger partial charge in [-0.1, -0.05) is 34.6 Å². The monoisotopic (exact) mass is 730 g/mol. The molecule has 0 spiro atoms. The lowest BCUT2D eigenvalue weighted by atomic mass is 9.91. The molecule has 258 valence electrons. The summed E-state index contributed by atoms with van der Waals surface area (Å²) in [7, 11) is -11.6. The van der Waals surface area contributed by atoms with Crippen LogP contribution in [0.25, 0.3) is 10.8 Å². The van der Waals surface area contributed by atoms with Gasteiger partial charge in [-0.15, -0.1) is 0 Å². The molecule has 3 rings (SSSR count). The molecule has 0 amide bonds. The van der Waals surface area contributed by atoms with Crippen molar-refractivity contribution < 1.29 is 91.8 Å². The van der Waals surface area contributed by atoms with E-state index in [4.69, 9.17) is 0 Å². The van der Waals surface area contributed by atoms with Crippen molar-refractivity contribution in [2.75, 3.05) is 11.5 Å². The van der Waals surface area contributed by atoms with E-state index in [-0.39, 0.29) is 23.6 Å². The van der Waals surface area contributed by atoms with Gasteiger partial charge in [0.25, 0.3) is 0 Å². The average Bonchev–Trinajstić information content (AvgIpc) is 3.36. The van der Waals surface area contributed by atoms with E-state index in [2.05, 4.69) is 3.63 Å². The molecule has 0 atom stereocenters. The normalized spacial score (nSPS) is 18.8. The second kappa shape index (κ2) is 10.5. The Kier molecular flexibility index (Phi) is 8.67. The molecular weight excluding hydrogens is 715 g/mol. The van der Waals surface area contributed by atoms with Gasteiger partial charge >= 0.3 is 57.1 Å². The van der Waals surface area contributed by atoms with E-state index >= 15 is 0 Å². The molecule has 0 aromatic heterocycles. The predicted octanol–water partition coefficient (Wildman–Crippen LogP) is 8.73. The summed E-state index contributed by atoms with van der Waals surface area (Å²) >= 11 is 0. The topological polar surface area (TPSA) is 63.6 Å². The number of fused-ring (bicyclic) bond motifs is 1. The van der Waals surface area contributed by atoms with Crippen LogP contribution in [-0.2, 0) is 13.7 Å². The highest BCUT2D eigenvalue weighted by Gasteiger charge is 2.96. The number of aromatic hydroxyl groups is 1. The van der Waals surface area contributed by atoms with Crippen molar-refractivity contribution in [2.45, 2.75) is 64.7 Å². The first-order valence-corrected chi connectivity index (χ1v) is 14.9. The zero-order chi connectivity index (χ0) is 35.1. The molecule has 2 aromatic carbocycles. The number of rotatable bonds is 10. The summed E-state index contributed by atoms with van der Waals surface area (Å²) < 4.78 is 261. The van der Waals surface area contributed by atoms with Gasteiger partial charge in [-0.05, 0) is 30.4 Å². The number of hydrogen-bond acceptors (Lipinski definition) is 4. The molecule has 0 radical (unpaired) electrons. The van der Waals surface area contributed by atoms with Crippen LogP contribution in [0.4, 0.5) is 74.6 Å². The molecule has 1 aliphatic heterocycles. The van der Waals surface area contributed by atoms with Gasteiger partial charge in [0, 0.05) is 21.8 Å². The molecule has 1 N–H and O–H groups in total. The van der Waals surface area contributed by atoms with E-state index in [0.29, 0.717) is 0 Å². The smallest absolute Gasteiger partial charge is 0.460 e. The molecular formula is C22H15F17O4S2. The van der Waals surface area contributed by atoms with E-state index in [0.717, 1.165) is 18.2 Å². The lowest BCUT2D eigenvalue weighted by Crippen LogP contribution is -2.75. The number of phenols is 1. The van der Waals surface area contributed by atoms with Crippen molar-refractivity contribution in [3.05, 3.63) is 36.4 Å². The lowest BCUT2D eigenvalue weighted by molar-refractivity contribution is -0.458. The Morgan fingerprint density at radius 2 is 0.978 bits per heavy atom. The molecule has 23 heteroatoms. The average molecular weight is 730 g/mol. The summed E-state index contributed by atoms with van der Waals surface area (Å²) in [6.07, 6.45) is -8.15. The third kappa shape index (κ3) is 4.96. The number of halogens is 17. The van der Waals surface area contributed by atoms with Crippen LogP contribution in [0, 0.1) is 0 Å². The van der Waals surface area contributed by atoms with Crippen LogP contribution in [0.5, 0.6) is 5.75 Å². The van der Waals surface area contributed by atoms with Gasteiger partial charge in [0.1, 0.15) is 5.75 Å². The lowest BCUT2D eigenvalue weighted by Gasteiger charge is -2.43. The van der Waals surface area contributed by atoms with Crippen LogP contribution in [0.3, 0.4) is 0 Å². The summed E-state index contributed by atoms with van der Waals surface area (Å²) in [5, 5.41) is 1.99. The quantitative estimate of drug-likeness (QED) is 0.249. The molecule has 1 saturated heterocycles. The largest absolute Gasteiger partial charge is 0.507 e. The Hall–Kier alpha value is -2.43. The van der Waals surface area contributed by atoms with Crippen LogP contribution in [0.15, 0.2) is 41.3 Å². The second-order valence-corrected chi connectivity index (χ2v) is 14.4. The molecule has 1 aliphatic rings. The molecule has 1 heterocycles. The molecule has 0 bridgehead atoms. The SMILES string of the molecule is O=S(=O)(OS1(c2ccc(O)c3ccccc23)CCCC1)C(F)(F)C(F)(F)C(F)(F)C(F)(F)C(F)(F)C(F)(F)C(F)(F)C(F)(F)F. The fourth-order valence-electron chi connectivity index (χ4n) is 4.20. The first-order chi connectivity index (χ1) is 19.9. The van der Waals surface area contributed by atoms with E-state index < -0.39 is 89.5 Å². The van der Waals surface area contributed by atoms with E-state index in [1.54, 1.807) is 0 Å².